The van der Waals surface area contributed by atoms with E-state index in [0.29, 0.717) is 30.0 Å². The highest BCUT2D eigenvalue weighted by molar-refractivity contribution is 5.78. The minimum absolute atomic E-state index is 0.108. The Kier molecular flexibility index (Phi) is 9.00. The van der Waals surface area contributed by atoms with Crippen molar-refractivity contribution in [2.24, 2.45) is 29.6 Å². The Morgan fingerprint density at radius 3 is 2.67 bits per heavy atom. The van der Waals surface area contributed by atoms with Crippen LogP contribution in [-0.2, 0) is 4.79 Å². The molecule has 0 aromatic rings. The molecule has 2 saturated heterocycles. The summed E-state index contributed by atoms with van der Waals surface area (Å²) < 4.78 is 0. The maximum absolute atomic E-state index is 12.9. The topological polar surface area (TPSA) is 104 Å². The maximum Gasteiger partial charge on any atom is 0.223 e. The largest absolute Gasteiger partial charge is 0.356 e. The SMILES string of the molecule is CC1CCC(C#N)CC1CNC(=O)C1CCCC(NCC2NNC(C3CCNCC3)N2C)C1. The number of amides is 1. The van der Waals surface area contributed by atoms with Gasteiger partial charge in [0.25, 0.3) is 0 Å². The minimum Gasteiger partial charge on any atom is -0.356 e. The monoisotopic (exact) mass is 459 g/mol. The third kappa shape index (κ3) is 6.46. The first-order valence-corrected chi connectivity index (χ1v) is 13.4. The van der Waals surface area contributed by atoms with Crippen molar-refractivity contribution < 1.29 is 4.79 Å². The molecule has 0 radical (unpaired) electrons. The smallest absolute Gasteiger partial charge is 0.223 e. The number of piperidine rings is 1. The van der Waals surface area contributed by atoms with E-state index in [1.807, 2.05) is 0 Å². The Balaban J connectivity index is 1.18. The van der Waals surface area contributed by atoms with Crippen LogP contribution in [0.15, 0.2) is 0 Å². The predicted octanol–water partition coefficient (Wildman–Crippen LogP) is 1.52. The lowest BCUT2D eigenvalue weighted by molar-refractivity contribution is -0.126. The summed E-state index contributed by atoms with van der Waals surface area (Å²) in [7, 11) is 2.21. The van der Waals surface area contributed by atoms with Gasteiger partial charge in [-0.1, -0.05) is 13.3 Å². The summed E-state index contributed by atoms with van der Waals surface area (Å²) in [6, 6.07) is 2.84. The average Bonchev–Trinajstić information content (AvgIpc) is 3.23. The number of nitrogens with zero attached hydrogens (tertiary/aromatic N) is 2. The molecule has 1 amide bonds. The fourth-order valence-electron chi connectivity index (χ4n) is 6.47. The van der Waals surface area contributed by atoms with Crippen LogP contribution in [0, 0.1) is 40.9 Å². The number of hydrazine groups is 1. The van der Waals surface area contributed by atoms with Gasteiger partial charge in [-0.3, -0.25) is 9.69 Å². The number of carbonyl (C=O) groups excluding carboxylic acids is 1. The number of carbonyl (C=O) groups is 1. The van der Waals surface area contributed by atoms with Crippen molar-refractivity contribution >= 4 is 5.91 Å². The lowest BCUT2D eigenvalue weighted by atomic mass is 9.75. The van der Waals surface area contributed by atoms with Gasteiger partial charge in [-0.25, -0.2) is 10.9 Å². The molecule has 5 N–H and O–H groups in total. The number of nitriles is 1. The predicted molar refractivity (Wildman–Crippen MR) is 130 cm³/mol. The van der Waals surface area contributed by atoms with Crippen LogP contribution < -0.4 is 26.8 Å². The number of rotatable bonds is 7. The van der Waals surface area contributed by atoms with Crippen molar-refractivity contribution in [2.45, 2.75) is 83.1 Å². The first kappa shape index (κ1) is 24.9. The van der Waals surface area contributed by atoms with Crippen LogP contribution in [0.25, 0.3) is 0 Å². The Morgan fingerprint density at radius 2 is 1.88 bits per heavy atom. The lowest BCUT2D eigenvalue weighted by Gasteiger charge is -2.34. The molecule has 2 saturated carbocycles. The Morgan fingerprint density at radius 1 is 1.06 bits per heavy atom. The molecule has 186 valence electrons. The molecule has 0 aromatic carbocycles. The summed E-state index contributed by atoms with van der Waals surface area (Å²) in [5.74, 6) is 2.21. The van der Waals surface area contributed by atoms with Crippen molar-refractivity contribution in [3.63, 3.8) is 0 Å². The van der Waals surface area contributed by atoms with Gasteiger partial charge in [0, 0.05) is 31.0 Å². The summed E-state index contributed by atoms with van der Waals surface area (Å²) in [5, 5.41) is 19.7. The van der Waals surface area contributed by atoms with E-state index in [2.05, 4.69) is 51.7 Å². The fraction of sp³-hybridized carbons (Fsp3) is 0.920. The molecule has 4 rings (SSSR count). The van der Waals surface area contributed by atoms with Crippen LogP contribution in [0.4, 0.5) is 0 Å². The molecule has 7 unspecified atom stereocenters. The molecule has 4 aliphatic rings. The first-order chi connectivity index (χ1) is 16.0. The summed E-state index contributed by atoms with van der Waals surface area (Å²) >= 11 is 0. The van der Waals surface area contributed by atoms with Crippen molar-refractivity contribution in [2.75, 3.05) is 33.2 Å². The molecule has 2 aliphatic heterocycles. The first-order valence-electron chi connectivity index (χ1n) is 13.4. The number of hydrogen-bond donors (Lipinski definition) is 5. The Bertz CT molecular complexity index is 676. The summed E-state index contributed by atoms with van der Waals surface area (Å²) in [6.45, 7) is 6.11. The second-order valence-corrected chi connectivity index (χ2v) is 11.1. The van der Waals surface area contributed by atoms with Crippen molar-refractivity contribution in [3.05, 3.63) is 0 Å². The summed E-state index contributed by atoms with van der Waals surface area (Å²) in [4.78, 5) is 15.4. The van der Waals surface area contributed by atoms with Gasteiger partial charge >= 0.3 is 0 Å². The molecule has 2 heterocycles. The van der Waals surface area contributed by atoms with E-state index in [4.69, 9.17) is 0 Å². The third-order valence-electron chi connectivity index (χ3n) is 8.89. The molecule has 7 atom stereocenters. The molecule has 2 aliphatic carbocycles. The van der Waals surface area contributed by atoms with Gasteiger partial charge in [0.15, 0.2) is 0 Å². The van der Waals surface area contributed by atoms with Crippen LogP contribution in [0.1, 0.15) is 64.7 Å². The van der Waals surface area contributed by atoms with Crippen molar-refractivity contribution in [1.82, 2.24) is 31.7 Å². The van der Waals surface area contributed by atoms with Gasteiger partial charge in [0.05, 0.1) is 18.4 Å². The Labute approximate surface area is 200 Å². The molecule has 0 spiro atoms. The third-order valence-corrected chi connectivity index (χ3v) is 8.89. The van der Waals surface area contributed by atoms with E-state index in [0.717, 1.165) is 71.1 Å². The maximum atomic E-state index is 12.9. The minimum atomic E-state index is 0.108. The van der Waals surface area contributed by atoms with Crippen molar-refractivity contribution in [1.29, 1.82) is 5.26 Å². The highest BCUT2D eigenvalue weighted by Gasteiger charge is 2.36. The van der Waals surface area contributed by atoms with E-state index < -0.39 is 0 Å². The van der Waals surface area contributed by atoms with Crippen molar-refractivity contribution in [3.8, 4) is 6.07 Å². The molecule has 0 aromatic heterocycles. The van der Waals surface area contributed by atoms with Crippen LogP contribution >= 0.6 is 0 Å². The molecular formula is C25H45N7O. The molecule has 0 bridgehead atoms. The van der Waals surface area contributed by atoms with Gasteiger partial charge in [0.1, 0.15) is 0 Å². The Hall–Kier alpha value is -1.24. The van der Waals surface area contributed by atoms with Gasteiger partial charge in [-0.15, -0.1) is 0 Å². The molecule has 8 heteroatoms. The lowest BCUT2D eigenvalue weighted by Crippen LogP contribution is -2.49. The fourth-order valence-corrected chi connectivity index (χ4v) is 6.47. The van der Waals surface area contributed by atoms with Crippen LogP contribution in [0.2, 0.25) is 0 Å². The summed E-state index contributed by atoms with van der Waals surface area (Å²) in [5.41, 5.74) is 7.01. The summed E-state index contributed by atoms with van der Waals surface area (Å²) in [6.07, 6.45) is 10.3. The normalized spacial score (nSPS) is 38.6. The van der Waals surface area contributed by atoms with Gasteiger partial charge < -0.3 is 16.0 Å². The highest BCUT2D eigenvalue weighted by atomic mass is 16.1. The van der Waals surface area contributed by atoms with Gasteiger partial charge in [-0.2, -0.15) is 5.26 Å². The van der Waals surface area contributed by atoms with Gasteiger partial charge in [0.2, 0.25) is 5.91 Å². The number of nitrogens with one attached hydrogen (secondary N) is 5. The number of likely N-dealkylation sites (N-methyl/N-ethyl adjacent to an activating group) is 1. The molecule has 8 nitrogen and oxygen atoms in total. The second kappa shape index (κ2) is 11.9. The average molecular weight is 460 g/mol. The zero-order valence-corrected chi connectivity index (χ0v) is 20.6. The quantitative estimate of drug-likeness (QED) is 0.393. The molecule has 4 fully saturated rings. The highest BCUT2D eigenvalue weighted by Crippen LogP contribution is 2.33. The van der Waals surface area contributed by atoms with Gasteiger partial charge in [-0.05, 0) is 89.3 Å². The molecule has 33 heavy (non-hydrogen) atoms. The molecular weight excluding hydrogens is 414 g/mol. The van der Waals surface area contributed by atoms with E-state index >= 15 is 0 Å². The second-order valence-electron chi connectivity index (χ2n) is 11.1. The zero-order chi connectivity index (χ0) is 23.2. The van der Waals surface area contributed by atoms with E-state index in [1.54, 1.807) is 0 Å². The van der Waals surface area contributed by atoms with E-state index in [1.165, 1.54) is 12.8 Å². The number of hydrogen-bond acceptors (Lipinski definition) is 7. The standard InChI is InChI=1S/C25H45N7O/c1-17-6-7-18(14-26)12-21(17)15-29-25(33)20-4-3-5-22(13-20)28-16-23-30-31-24(32(23)2)19-8-10-27-11-9-19/h17-24,27-28,30-31H,3-13,15-16H2,1-2H3,(H,29,33). The van der Waals surface area contributed by atoms with E-state index in [-0.39, 0.29) is 23.9 Å². The zero-order valence-electron chi connectivity index (χ0n) is 20.6. The van der Waals surface area contributed by atoms with Crippen LogP contribution in [0.3, 0.4) is 0 Å². The van der Waals surface area contributed by atoms with Crippen LogP contribution in [0.5, 0.6) is 0 Å². The van der Waals surface area contributed by atoms with Crippen LogP contribution in [-0.4, -0.2) is 62.4 Å². The van der Waals surface area contributed by atoms with E-state index in [9.17, 15) is 10.1 Å².